The van der Waals surface area contributed by atoms with Gasteiger partial charge in [-0.25, -0.2) is 0 Å². The predicted molar refractivity (Wildman–Crippen MR) is 67.6 cm³/mol. The molecule has 0 aromatic heterocycles. The molecule has 5 rings (SSSR count). The fourth-order valence-corrected chi connectivity index (χ4v) is 7.30. The molecule has 4 bridgehead atoms. The van der Waals surface area contributed by atoms with Crippen LogP contribution in [0.2, 0.25) is 0 Å². The topological polar surface area (TPSA) is 40.5 Å². The molecule has 2 nitrogen and oxygen atoms in total. The first-order valence-corrected chi connectivity index (χ1v) is 8.12. The van der Waals surface area contributed by atoms with Gasteiger partial charge < -0.3 is 10.2 Å². The fraction of sp³-hybridized carbons (Fsp3) is 1.00. The Labute approximate surface area is 109 Å². The number of aliphatic hydroxyl groups excluding tert-OH is 2. The maximum absolute atomic E-state index is 10.9. The second-order valence-corrected chi connectivity index (χ2v) is 7.96. The second kappa shape index (κ2) is 3.32. The summed E-state index contributed by atoms with van der Waals surface area (Å²) in [6, 6.07) is 0. The van der Waals surface area contributed by atoms with Gasteiger partial charge in [-0.2, -0.15) is 0 Å². The molecule has 5 saturated carbocycles. The minimum absolute atomic E-state index is 0.0750. The highest BCUT2D eigenvalue weighted by molar-refractivity contribution is 5.14. The van der Waals surface area contributed by atoms with E-state index < -0.39 is 0 Å². The highest BCUT2D eigenvalue weighted by Gasteiger charge is 2.65. The summed E-state index contributed by atoms with van der Waals surface area (Å²) in [6.45, 7) is 0. The van der Waals surface area contributed by atoms with Gasteiger partial charge >= 0.3 is 0 Å². The Morgan fingerprint density at radius 3 is 1.06 bits per heavy atom. The van der Waals surface area contributed by atoms with Crippen molar-refractivity contribution in [1.82, 2.24) is 0 Å². The lowest BCUT2D eigenvalue weighted by atomic mass is 9.57. The first kappa shape index (κ1) is 10.7. The Morgan fingerprint density at radius 1 is 0.500 bits per heavy atom. The van der Waals surface area contributed by atoms with Crippen molar-refractivity contribution in [2.45, 2.75) is 50.7 Å². The van der Waals surface area contributed by atoms with Crippen LogP contribution in [-0.2, 0) is 0 Å². The summed E-state index contributed by atoms with van der Waals surface area (Å²) in [7, 11) is 0. The largest absolute Gasteiger partial charge is 0.393 e. The lowest BCUT2D eigenvalue weighted by molar-refractivity contribution is -0.149. The summed E-state index contributed by atoms with van der Waals surface area (Å²) >= 11 is 0. The average molecular weight is 248 g/mol. The first-order chi connectivity index (χ1) is 8.75. The molecule has 5 aliphatic carbocycles. The zero-order valence-electron chi connectivity index (χ0n) is 10.9. The zero-order chi connectivity index (χ0) is 12.0. The number of hydrogen-bond donors (Lipinski definition) is 2. The molecule has 0 saturated heterocycles. The van der Waals surface area contributed by atoms with Gasteiger partial charge in [-0.15, -0.1) is 0 Å². The van der Waals surface area contributed by atoms with Crippen LogP contribution >= 0.6 is 0 Å². The van der Waals surface area contributed by atoms with Crippen molar-refractivity contribution in [3.05, 3.63) is 0 Å². The number of aliphatic hydroxyl groups is 2. The first-order valence-electron chi connectivity index (χ1n) is 8.12. The van der Waals surface area contributed by atoms with Crippen LogP contribution in [0.1, 0.15) is 38.5 Å². The van der Waals surface area contributed by atoms with E-state index >= 15 is 0 Å². The number of fused-ring (bicyclic) bond motifs is 10. The SMILES string of the molecule is OC1[C@@H]2[C@H]3CC[C@H](C3)[C@H]2C(O)[C@H]2[C@H]3CC[C@H](C3)[C@@H]12. The molecule has 0 spiro atoms. The van der Waals surface area contributed by atoms with Crippen molar-refractivity contribution in [2.75, 3.05) is 0 Å². The molecule has 2 unspecified atom stereocenters. The molecule has 2 heteroatoms. The summed E-state index contributed by atoms with van der Waals surface area (Å²) in [6.07, 6.45) is 7.74. The van der Waals surface area contributed by atoms with E-state index in [9.17, 15) is 10.2 Å². The molecule has 18 heavy (non-hydrogen) atoms. The Morgan fingerprint density at radius 2 is 0.778 bits per heavy atom. The summed E-state index contributed by atoms with van der Waals surface area (Å²) in [5.41, 5.74) is 0. The van der Waals surface area contributed by atoms with Gasteiger partial charge in [0.1, 0.15) is 0 Å². The Hall–Kier alpha value is -0.0800. The van der Waals surface area contributed by atoms with E-state index in [-0.39, 0.29) is 12.2 Å². The molecular formula is C16H24O2. The molecule has 0 radical (unpaired) electrons. The van der Waals surface area contributed by atoms with Crippen LogP contribution in [0.25, 0.3) is 0 Å². The molecule has 5 fully saturated rings. The highest BCUT2D eigenvalue weighted by Crippen LogP contribution is 2.66. The van der Waals surface area contributed by atoms with E-state index in [4.69, 9.17) is 0 Å². The maximum atomic E-state index is 10.9. The summed E-state index contributed by atoms with van der Waals surface area (Å²) in [5.74, 6) is 4.79. The summed E-state index contributed by atoms with van der Waals surface area (Å²) < 4.78 is 0. The lowest BCUT2D eigenvalue weighted by Gasteiger charge is -2.51. The molecule has 0 aromatic rings. The van der Waals surface area contributed by atoms with Crippen molar-refractivity contribution < 1.29 is 10.2 Å². The lowest BCUT2D eigenvalue weighted by Crippen LogP contribution is -2.55. The molecule has 5 aliphatic rings. The van der Waals surface area contributed by atoms with E-state index in [0.29, 0.717) is 23.7 Å². The van der Waals surface area contributed by atoms with E-state index in [2.05, 4.69) is 0 Å². The predicted octanol–water partition coefficient (Wildman–Crippen LogP) is 2.05. The average Bonchev–Trinajstić information content (AvgIpc) is 3.10. The fourth-order valence-electron chi connectivity index (χ4n) is 7.30. The van der Waals surface area contributed by atoms with E-state index in [1.165, 1.54) is 38.5 Å². The summed E-state index contributed by atoms with van der Waals surface area (Å²) in [5, 5.41) is 21.8. The van der Waals surface area contributed by atoms with Crippen molar-refractivity contribution in [2.24, 2.45) is 47.3 Å². The monoisotopic (exact) mass is 248 g/mol. The summed E-state index contributed by atoms with van der Waals surface area (Å²) in [4.78, 5) is 0. The Balaban J connectivity index is 1.57. The minimum atomic E-state index is -0.0750. The maximum Gasteiger partial charge on any atom is 0.0609 e. The molecule has 0 aliphatic heterocycles. The third kappa shape index (κ3) is 1.06. The van der Waals surface area contributed by atoms with E-state index in [0.717, 1.165) is 23.7 Å². The number of hydrogen-bond acceptors (Lipinski definition) is 2. The van der Waals surface area contributed by atoms with Crippen LogP contribution < -0.4 is 0 Å². The minimum Gasteiger partial charge on any atom is -0.393 e. The van der Waals surface area contributed by atoms with Crippen LogP contribution in [0, 0.1) is 47.3 Å². The van der Waals surface area contributed by atoms with Gasteiger partial charge in [0.15, 0.2) is 0 Å². The molecule has 2 N–H and O–H groups in total. The molecular weight excluding hydrogens is 224 g/mol. The van der Waals surface area contributed by atoms with Gasteiger partial charge in [-0.3, -0.25) is 0 Å². The van der Waals surface area contributed by atoms with Crippen LogP contribution in [0.15, 0.2) is 0 Å². The quantitative estimate of drug-likeness (QED) is 0.689. The van der Waals surface area contributed by atoms with Gasteiger partial charge in [-0.05, 0) is 85.9 Å². The Kier molecular flexibility index (Phi) is 1.97. The highest BCUT2D eigenvalue weighted by atomic mass is 16.3. The van der Waals surface area contributed by atoms with Crippen LogP contribution in [-0.4, -0.2) is 22.4 Å². The van der Waals surface area contributed by atoms with Crippen molar-refractivity contribution >= 4 is 0 Å². The van der Waals surface area contributed by atoms with Gasteiger partial charge in [0.05, 0.1) is 12.2 Å². The van der Waals surface area contributed by atoms with Crippen molar-refractivity contribution in [3.8, 4) is 0 Å². The van der Waals surface area contributed by atoms with E-state index in [1.807, 2.05) is 0 Å². The normalized spacial score (nSPS) is 68.3. The third-order valence-corrected chi connectivity index (χ3v) is 7.67. The van der Waals surface area contributed by atoms with Gasteiger partial charge in [0, 0.05) is 0 Å². The molecule has 10 atom stereocenters. The van der Waals surface area contributed by atoms with Gasteiger partial charge in [0.25, 0.3) is 0 Å². The van der Waals surface area contributed by atoms with Crippen LogP contribution in [0.4, 0.5) is 0 Å². The Bertz CT molecular complexity index is 313. The third-order valence-electron chi connectivity index (χ3n) is 7.67. The van der Waals surface area contributed by atoms with E-state index in [1.54, 1.807) is 0 Å². The molecule has 100 valence electrons. The smallest absolute Gasteiger partial charge is 0.0609 e. The number of rotatable bonds is 0. The standard InChI is InChI=1S/C16H24O2/c17-15-11-7-1-2-8(5-7)12(11)16(18)14-10-4-3-9(6-10)13(14)15/h7-18H,1-6H2/t7-,8+,9+,10-,11-,12-,13+,14-,15?,16?/m1/s1. The van der Waals surface area contributed by atoms with Gasteiger partial charge in [-0.1, -0.05) is 0 Å². The van der Waals surface area contributed by atoms with Crippen LogP contribution in [0.5, 0.6) is 0 Å². The molecule has 0 aromatic carbocycles. The zero-order valence-corrected chi connectivity index (χ0v) is 10.9. The van der Waals surface area contributed by atoms with Gasteiger partial charge in [0.2, 0.25) is 0 Å². The van der Waals surface area contributed by atoms with Crippen molar-refractivity contribution in [1.29, 1.82) is 0 Å². The van der Waals surface area contributed by atoms with Crippen LogP contribution in [0.3, 0.4) is 0 Å². The van der Waals surface area contributed by atoms with Crippen molar-refractivity contribution in [3.63, 3.8) is 0 Å². The molecule has 0 amide bonds. The second-order valence-electron chi connectivity index (χ2n) is 7.96. The molecule has 0 heterocycles.